The van der Waals surface area contributed by atoms with Gasteiger partial charge in [0.2, 0.25) is 5.89 Å². The van der Waals surface area contributed by atoms with Gasteiger partial charge in [-0.2, -0.15) is 4.98 Å². The normalized spacial score (nSPS) is 17.8. The summed E-state index contributed by atoms with van der Waals surface area (Å²) in [5.41, 5.74) is 5.46. The van der Waals surface area contributed by atoms with Crippen molar-refractivity contribution in [2.75, 3.05) is 0 Å². The average Bonchev–Trinajstić information content (AvgIpc) is 2.79. The number of hydrogen-bond acceptors (Lipinski definition) is 4. The Bertz CT molecular complexity index is 372. The number of nitrogens with two attached hydrogens (primary N) is 1. The van der Waals surface area contributed by atoms with Crippen LogP contribution < -0.4 is 5.73 Å². The summed E-state index contributed by atoms with van der Waals surface area (Å²) in [6, 6.07) is 0. The molecule has 0 aliphatic heterocycles. The summed E-state index contributed by atoms with van der Waals surface area (Å²) in [4.78, 5) is 4.47. The van der Waals surface area contributed by atoms with Crippen LogP contribution in [0.1, 0.15) is 52.3 Å². The molecule has 0 spiro atoms. The summed E-state index contributed by atoms with van der Waals surface area (Å²) in [5.74, 6) is 2.25. The Balaban J connectivity index is 2.16. The van der Waals surface area contributed by atoms with Crippen molar-refractivity contribution < 1.29 is 4.52 Å². The van der Waals surface area contributed by atoms with Crippen molar-refractivity contribution in [2.45, 2.75) is 57.9 Å². The van der Waals surface area contributed by atoms with E-state index in [9.17, 15) is 0 Å². The molecular weight excluding hydrogens is 202 g/mol. The number of hydrogen-bond donors (Lipinski definition) is 1. The molecule has 16 heavy (non-hydrogen) atoms. The molecule has 1 aliphatic rings. The van der Waals surface area contributed by atoms with E-state index >= 15 is 0 Å². The van der Waals surface area contributed by atoms with Gasteiger partial charge in [0, 0.05) is 12.0 Å². The molecule has 0 atom stereocenters. The molecule has 4 nitrogen and oxygen atoms in total. The van der Waals surface area contributed by atoms with Gasteiger partial charge in [-0.15, -0.1) is 0 Å². The SMILES string of the molecule is CC(C)(N)C(C)(C)c1nc(CC2CC2)no1. The molecule has 1 saturated carbocycles. The summed E-state index contributed by atoms with van der Waals surface area (Å²) in [6.07, 6.45) is 3.55. The molecule has 2 N–H and O–H groups in total. The third kappa shape index (κ3) is 2.12. The molecule has 2 rings (SSSR count). The molecule has 4 heteroatoms. The van der Waals surface area contributed by atoms with Crippen LogP contribution in [0.2, 0.25) is 0 Å². The minimum Gasteiger partial charge on any atom is -0.339 e. The van der Waals surface area contributed by atoms with E-state index < -0.39 is 0 Å². The van der Waals surface area contributed by atoms with E-state index in [1.807, 2.05) is 27.7 Å². The lowest BCUT2D eigenvalue weighted by Crippen LogP contribution is -2.50. The molecule has 0 aromatic carbocycles. The predicted molar refractivity (Wildman–Crippen MR) is 62.0 cm³/mol. The molecule has 1 aromatic rings. The highest BCUT2D eigenvalue weighted by atomic mass is 16.5. The highest BCUT2D eigenvalue weighted by molar-refractivity contribution is 5.11. The minimum absolute atomic E-state index is 0.304. The van der Waals surface area contributed by atoms with Crippen LogP contribution in [0.5, 0.6) is 0 Å². The van der Waals surface area contributed by atoms with Gasteiger partial charge < -0.3 is 10.3 Å². The minimum atomic E-state index is -0.379. The van der Waals surface area contributed by atoms with Gasteiger partial charge in [-0.05, 0) is 46.5 Å². The quantitative estimate of drug-likeness (QED) is 0.848. The van der Waals surface area contributed by atoms with Crippen molar-refractivity contribution in [3.05, 3.63) is 11.7 Å². The number of rotatable bonds is 4. The third-order valence-electron chi connectivity index (χ3n) is 3.78. The van der Waals surface area contributed by atoms with Crippen LogP contribution in [-0.2, 0) is 11.8 Å². The second-order valence-electron chi connectivity index (χ2n) is 6.01. The fourth-order valence-corrected chi connectivity index (χ4v) is 1.45. The third-order valence-corrected chi connectivity index (χ3v) is 3.78. The van der Waals surface area contributed by atoms with Crippen LogP contribution in [0.25, 0.3) is 0 Å². The van der Waals surface area contributed by atoms with Gasteiger partial charge in [0.25, 0.3) is 0 Å². The smallest absolute Gasteiger partial charge is 0.234 e. The zero-order valence-electron chi connectivity index (χ0n) is 10.6. The first kappa shape index (κ1) is 11.6. The van der Waals surface area contributed by atoms with Crippen LogP contribution in [0, 0.1) is 5.92 Å². The van der Waals surface area contributed by atoms with Gasteiger partial charge in [-0.25, -0.2) is 0 Å². The average molecular weight is 223 g/mol. The summed E-state index contributed by atoms with van der Waals surface area (Å²) < 4.78 is 5.34. The summed E-state index contributed by atoms with van der Waals surface area (Å²) >= 11 is 0. The Morgan fingerprint density at radius 1 is 1.31 bits per heavy atom. The topological polar surface area (TPSA) is 64.9 Å². The highest BCUT2D eigenvalue weighted by Gasteiger charge is 2.40. The van der Waals surface area contributed by atoms with Crippen LogP contribution in [0.15, 0.2) is 4.52 Å². The first-order valence-electron chi connectivity index (χ1n) is 5.92. The number of nitrogens with zero attached hydrogens (tertiary/aromatic N) is 2. The molecule has 0 amide bonds. The van der Waals surface area contributed by atoms with Gasteiger partial charge in [0.15, 0.2) is 5.82 Å². The number of aromatic nitrogens is 2. The van der Waals surface area contributed by atoms with E-state index in [0.717, 1.165) is 18.2 Å². The molecule has 1 aliphatic carbocycles. The summed E-state index contributed by atoms with van der Waals surface area (Å²) in [5, 5.41) is 4.03. The molecule has 0 radical (unpaired) electrons. The maximum atomic E-state index is 6.14. The van der Waals surface area contributed by atoms with Gasteiger partial charge in [0.05, 0.1) is 5.41 Å². The zero-order valence-corrected chi connectivity index (χ0v) is 10.6. The Labute approximate surface area is 96.6 Å². The van der Waals surface area contributed by atoms with Crippen LogP contribution in [0.4, 0.5) is 0 Å². The van der Waals surface area contributed by atoms with Crippen LogP contribution in [0.3, 0.4) is 0 Å². The highest BCUT2D eigenvalue weighted by Crippen LogP contribution is 2.34. The summed E-state index contributed by atoms with van der Waals surface area (Å²) in [6.45, 7) is 8.05. The van der Waals surface area contributed by atoms with Crippen molar-refractivity contribution in [3.63, 3.8) is 0 Å². The standard InChI is InChI=1S/C12H21N3O/c1-11(2,12(3,4)13)10-14-9(15-16-10)7-8-5-6-8/h8H,5-7,13H2,1-4H3. The first-order chi connectivity index (χ1) is 7.30. The Morgan fingerprint density at radius 3 is 2.44 bits per heavy atom. The molecule has 0 unspecified atom stereocenters. The van der Waals surface area contributed by atoms with Crippen LogP contribution in [-0.4, -0.2) is 15.7 Å². The van der Waals surface area contributed by atoms with Crippen LogP contribution >= 0.6 is 0 Å². The Hall–Kier alpha value is -0.900. The lowest BCUT2D eigenvalue weighted by molar-refractivity contribution is 0.222. The maximum Gasteiger partial charge on any atom is 0.234 e. The van der Waals surface area contributed by atoms with Crippen molar-refractivity contribution >= 4 is 0 Å². The maximum absolute atomic E-state index is 6.14. The van der Waals surface area contributed by atoms with E-state index in [0.29, 0.717) is 5.89 Å². The molecule has 0 bridgehead atoms. The molecular formula is C12H21N3O. The Kier molecular flexibility index (Phi) is 2.57. The largest absolute Gasteiger partial charge is 0.339 e. The van der Waals surface area contributed by atoms with Gasteiger partial charge in [-0.3, -0.25) is 0 Å². The molecule has 1 aromatic heterocycles. The second kappa shape index (κ2) is 3.55. The molecule has 0 saturated heterocycles. The monoisotopic (exact) mass is 223 g/mol. The fraction of sp³-hybridized carbons (Fsp3) is 0.833. The van der Waals surface area contributed by atoms with Gasteiger partial charge in [0.1, 0.15) is 0 Å². The lowest BCUT2D eigenvalue weighted by atomic mass is 9.75. The summed E-state index contributed by atoms with van der Waals surface area (Å²) in [7, 11) is 0. The van der Waals surface area contributed by atoms with E-state index in [-0.39, 0.29) is 11.0 Å². The van der Waals surface area contributed by atoms with Gasteiger partial charge >= 0.3 is 0 Å². The van der Waals surface area contributed by atoms with Crippen molar-refractivity contribution in [2.24, 2.45) is 11.7 Å². The Morgan fingerprint density at radius 2 is 1.94 bits per heavy atom. The predicted octanol–water partition coefficient (Wildman–Crippen LogP) is 2.04. The molecule has 1 heterocycles. The van der Waals surface area contributed by atoms with Crippen molar-refractivity contribution in [1.29, 1.82) is 0 Å². The van der Waals surface area contributed by atoms with E-state index in [1.54, 1.807) is 0 Å². The van der Waals surface area contributed by atoms with E-state index in [1.165, 1.54) is 12.8 Å². The van der Waals surface area contributed by atoms with Crippen molar-refractivity contribution in [1.82, 2.24) is 10.1 Å². The molecule has 90 valence electrons. The van der Waals surface area contributed by atoms with Crippen molar-refractivity contribution in [3.8, 4) is 0 Å². The lowest BCUT2D eigenvalue weighted by Gasteiger charge is -2.34. The molecule has 1 fully saturated rings. The second-order valence-corrected chi connectivity index (χ2v) is 6.01. The fourth-order valence-electron chi connectivity index (χ4n) is 1.45. The van der Waals surface area contributed by atoms with E-state index in [4.69, 9.17) is 10.3 Å². The van der Waals surface area contributed by atoms with Gasteiger partial charge in [-0.1, -0.05) is 5.16 Å². The first-order valence-corrected chi connectivity index (χ1v) is 5.92. The zero-order chi connectivity index (χ0) is 12.0. The van der Waals surface area contributed by atoms with E-state index in [2.05, 4.69) is 10.1 Å².